The maximum Gasteiger partial charge on any atom is 0.330 e. The molecular weight excluding hydrogens is 488 g/mol. The molecule has 3 aromatic rings. The van der Waals surface area contributed by atoms with Crippen LogP contribution in [0.4, 0.5) is 0 Å². The zero-order valence-electron chi connectivity index (χ0n) is 15.1. The van der Waals surface area contributed by atoms with Gasteiger partial charge < -0.3 is 0 Å². The Kier molecular flexibility index (Phi) is 5.96. The number of halogens is 2. The van der Waals surface area contributed by atoms with Crippen LogP contribution in [0.5, 0.6) is 0 Å². The minimum atomic E-state index is -0.619. The summed E-state index contributed by atoms with van der Waals surface area (Å²) < 4.78 is 4.02. The molecular formula is C21H16Br2N2O3. The molecule has 0 bridgehead atoms. The predicted molar refractivity (Wildman–Crippen MR) is 118 cm³/mol. The monoisotopic (exact) mass is 502 g/mol. The van der Waals surface area contributed by atoms with Crippen LogP contribution in [0.3, 0.4) is 0 Å². The zero-order valence-corrected chi connectivity index (χ0v) is 18.3. The molecule has 142 valence electrons. The summed E-state index contributed by atoms with van der Waals surface area (Å²) in [5.41, 5.74) is 0.360. The Morgan fingerprint density at radius 2 is 1.36 bits per heavy atom. The summed E-state index contributed by atoms with van der Waals surface area (Å²) in [4.78, 5) is 38.3. The first kappa shape index (κ1) is 20.2. The quantitative estimate of drug-likeness (QED) is 0.505. The SMILES string of the molecule is Cn1c(/C=C/c2ccc(Br)cc2)c(C(=O)c2ccc(Br)cc2)c(=O)n(C)c1=O. The second kappa shape index (κ2) is 8.24. The van der Waals surface area contributed by atoms with Crippen LogP contribution in [0.25, 0.3) is 12.2 Å². The Hall–Kier alpha value is -2.51. The summed E-state index contributed by atoms with van der Waals surface area (Å²) in [7, 11) is 2.91. The van der Waals surface area contributed by atoms with Gasteiger partial charge in [-0.25, -0.2) is 4.79 Å². The summed E-state index contributed by atoms with van der Waals surface area (Å²) >= 11 is 6.71. The molecule has 3 rings (SSSR count). The number of carbonyl (C=O) groups excluding carboxylic acids is 1. The van der Waals surface area contributed by atoms with E-state index in [-0.39, 0.29) is 11.3 Å². The van der Waals surface area contributed by atoms with E-state index in [4.69, 9.17) is 0 Å². The normalized spacial score (nSPS) is 11.1. The highest BCUT2D eigenvalue weighted by Gasteiger charge is 2.21. The topological polar surface area (TPSA) is 61.1 Å². The Bertz CT molecular complexity index is 1190. The van der Waals surface area contributed by atoms with Gasteiger partial charge in [0, 0.05) is 28.6 Å². The second-order valence-electron chi connectivity index (χ2n) is 6.19. The van der Waals surface area contributed by atoms with Crippen LogP contribution < -0.4 is 11.2 Å². The Labute approximate surface area is 178 Å². The highest BCUT2D eigenvalue weighted by Crippen LogP contribution is 2.17. The molecule has 0 atom stereocenters. The molecule has 0 fully saturated rings. The fraction of sp³-hybridized carbons (Fsp3) is 0.0952. The van der Waals surface area contributed by atoms with E-state index in [9.17, 15) is 14.4 Å². The van der Waals surface area contributed by atoms with Gasteiger partial charge in [0.2, 0.25) is 5.78 Å². The number of hydrogen-bond donors (Lipinski definition) is 0. The number of hydrogen-bond acceptors (Lipinski definition) is 3. The van der Waals surface area contributed by atoms with Gasteiger partial charge in [0.25, 0.3) is 5.56 Å². The minimum absolute atomic E-state index is 0.0414. The van der Waals surface area contributed by atoms with Crippen molar-refractivity contribution in [3.05, 3.63) is 101 Å². The van der Waals surface area contributed by atoms with Crippen molar-refractivity contribution in [2.75, 3.05) is 0 Å². The van der Waals surface area contributed by atoms with Crippen LogP contribution in [-0.4, -0.2) is 14.9 Å². The van der Waals surface area contributed by atoms with Crippen molar-refractivity contribution in [1.29, 1.82) is 0 Å². The molecule has 0 aliphatic rings. The highest BCUT2D eigenvalue weighted by atomic mass is 79.9. The van der Waals surface area contributed by atoms with Crippen molar-refractivity contribution in [2.45, 2.75) is 0 Å². The van der Waals surface area contributed by atoms with Crippen LogP contribution in [0.2, 0.25) is 0 Å². The molecule has 5 nitrogen and oxygen atoms in total. The van der Waals surface area contributed by atoms with E-state index >= 15 is 0 Å². The highest BCUT2D eigenvalue weighted by molar-refractivity contribution is 9.10. The van der Waals surface area contributed by atoms with E-state index in [0.29, 0.717) is 5.56 Å². The molecule has 0 amide bonds. The third-order valence-corrected chi connectivity index (χ3v) is 5.40. The molecule has 0 radical (unpaired) electrons. The van der Waals surface area contributed by atoms with E-state index in [1.807, 2.05) is 24.3 Å². The van der Waals surface area contributed by atoms with Gasteiger partial charge in [0.1, 0.15) is 5.56 Å². The van der Waals surface area contributed by atoms with E-state index < -0.39 is 17.0 Å². The van der Waals surface area contributed by atoms with Crippen molar-refractivity contribution in [1.82, 2.24) is 9.13 Å². The lowest BCUT2D eigenvalue weighted by molar-refractivity contribution is 0.103. The van der Waals surface area contributed by atoms with Crippen LogP contribution in [0.1, 0.15) is 27.2 Å². The number of nitrogens with zero attached hydrogens (tertiary/aromatic N) is 2. The standard InChI is InChI=1S/C21H16Br2N2O3/c1-24-17(12-5-13-3-8-15(22)9-4-13)18(20(27)25(2)21(24)28)19(26)14-6-10-16(23)11-7-14/h3-12H,1-2H3/b12-5+. The predicted octanol–water partition coefficient (Wildman–Crippen LogP) is 4.01. The molecule has 0 aliphatic heterocycles. The summed E-state index contributed by atoms with van der Waals surface area (Å²) in [5, 5.41) is 0. The van der Waals surface area contributed by atoms with E-state index in [0.717, 1.165) is 19.1 Å². The average molecular weight is 504 g/mol. The average Bonchev–Trinajstić information content (AvgIpc) is 2.69. The number of rotatable bonds is 4. The van der Waals surface area contributed by atoms with Gasteiger partial charge in [-0.05, 0) is 48.0 Å². The van der Waals surface area contributed by atoms with Crippen molar-refractivity contribution in [3.63, 3.8) is 0 Å². The Balaban J connectivity index is 2.19. The first-order valence-corrected chi connectivity index (χ1v) is 9.92. The minimum Gasteiger partial charge on any atom is -0.296 e. The molecule has 1 heterocycles. The van der Waals surface area contributed by atoms with Gasteiger partial charge in [-0.3, -0.25) is 18.7 Å². The number of benzene rings is 2. The van der Waals surface area contributed by atoms with Gasteiger partial charge in [-0.15, -0.1) is 0 Å². The molecule has 28 heavy (non-hydrogen) atoms. The smallest absolute Gasteiger partial charge is 0.296 e. The fourth-order valence-corrected chi connectivity index (χ4v) is 3.29. The maximum atomic E-state index is 13.1. The van der Waals surface area contributed by atoms with Crippen LogP contribution in [0, 0.1) is 0 Å². The molecule has 0 unspecified atom stereocenters. The van der Waals surface area contributed by atoms with Crippen molar-refractivity contribution in [3.8, 4) is 0 Å². The molecule has 1 aromatic heterocycles. The molecule has 7 heteroatoms. The van der Waals surface area contributed by atoms with Crippen LogP contribution >= 0.6 is 31.9 Å². The lowest BCUT2D eigenvalue weighted by Crippen LogP contribution is -2.41. The van der Waals surface area contributed by atoms with E-state index in [2.05, 4.69) is 31.9 Å². The molecule has 0 saturated carbocycles. The molecule has 0 N–H and O–H groups in total. The van der Waals surface area contributed by atoms with Gasteiger partial charge in [0.05, 0.1) is 5.69 Å². The van der Waals surface area contributed by atoms with Crippen LogP contribution in [0.15, 0.2) is 67.1 Å². The lowest BCUT2D eigenvalue weighted by Gasteiger charge is -2.12. The summed E-state index contributed by atoms with van der Waals surface area (Å²) in [6.45, 7) is 0. The summed E-state index contributed by atoms with van der Waals surface area (Å²) in [6.07, 6.45) is 3.39. The Morgan fingerprint density at radius 3 is 1.93 bits per heavy atom. The second-order valence-corrected chi connectivity index (χ2v) is 8.02. The first-order valence-electron chi connectivity index (χ1n) is 8.33. The molecule has 2 aromatic carbocycles. The van der Waals surface area contributed by atoms with Crippen molar-refractivity contribution < 1.29 is 4.79 Å². The van der Waals surface area contributed by atoms with Gasteiger partial charge in [0.15, 0.2) is 0 Å². The number of ketones is 1. The maximum absolute atomic E-state index is 13.1. The number of aromatic nitrogens is 2. The summed E-state index contributed by atoms with van der Waals surface area (Å²) in [6, 6.07) is 14.3. The van der Waals surface area contributed by atoms with Gasteiger partial charge in [-0.2, -0.15) is 0 Å². The van der Waals surface area contributed by atoms with Crippen molar-refractivity contribution in [2.24, 2.45) is 14.1 Å². The zero-order chi connectivity index (χ0) is 20.4. The molecule has 0 spiro atoms. The molecule has 0 saturated heterocycles. The van der Waals surface area contributed by atoms with Gasteiger partial charge >= 0.3 is 5.69 Å². The van der Waals surface area contributed by atoms with Crippen molar-refractivity contribution >= 4 is 49.8 Å². The first-order chi connectivity index (χ1) is 13.3. The van der Waals surface area contributed by atoms with Crippen LogP contribution in [-0.2, 0) is 14.1 Å². The lowest BCUT2D eigenvalue weighted by atomic mass is 10.0. The fourth-order valence-electron chi connectivity index (χ4n) is 2.76. The Morgan fingerprint density at radius 1 is 0.821 bits per heavy atom. The van der Waals surface area contributed by atoms with E-state index in [1.54, 1.807) is 43.5 Å². The molecule has 0 aliphatic carbocycles. The van der Waals surface area contributed by atoms with E-state index in [1.165, 1.54) is 11.6 Å². The third kappa shape index (κ3) is 4.00. The summed E-state index contributed by atoms with van der Waals surface area (Å²) in [5.74, 6) is -0.431. The third-order valence-electron chi connectivity index (χ3n) is 4.35. The van der Waals surface area contributed by atoms with Gasteiger partial charge in [-0.1, -0.05) is 50.1 Å². The number of carbonyl (C=O) groups is 1. The largest absolute Gasteiger partial charge is 0.330 e.